The largest absolute Gasteiger partial charge is 0.338 e. The zero-order valence-electron chi connectivity index (χ0n) is 15.3. The molecule has 1 unspecified atom stereocenters. The van der Waals surface area contributed by atoms with Crippen LogP contribution in [0, 0.1) is 6.92 Å². The molecule has 6 heteroatoms. The van der Waals surface area contributed by atoms with Gasteiger partial charge < -0.3 is 10.2 Å². The molecule has 0 radical (unpaired) electrons. The molecule has 0 spiro atoms. The van der Waals surface area contributed by atoms with Gasteiger partial charge in [0.15, 0.2) is 0 Å². The van der Waals surface area contributed by atoms with Crippen molar-refractivity contribution in [2.24, 2.45) is 0 Å². The van der Waals surface area contributed by atoms with Gasteiger partial charge in [0.1, 0.15) is 5.82 Å². The smallest absolute Gasteiger partial charge is 0.255 e. The molecular weight excluding hydrogens is 348 g/mol. The molecule has 1 atom stereocenters. The van der Waals surface area contributed by atoms with Gasteiger partial charge in [-0.2, -0.15) is 0 Å². The molecule has 2 aromatic heterocycles. The molecule has 1 aliphatic rings. The van der Waals surface area contributed by atoms with Gasteiger partial charge in [-0.05, 0) is 50.8 Å². The van der Waals surface area contributed by atoms with E-state index in [1.165, 1.54) is 6.42 Å². The maximum absolute atomic E-state index is 12.9. The number of piperidine rings is 1. The minimum Gasteiger partial charge on any atom is -0.338 e. The lowest BCUT2D eigenvalue weighted by molar-refractivity contribution is 0.0600. The molecule has 0 bridgehead atoms. The molecule has 0 aromatic carbocycles. The minimum atomic E-state index is 0.0288. The molecule has 26 heavy (non-hydrogen) atoms. The van der Waals surface area contributed by atoms with Crippen molar-refractivity contribution in [1.82, 2.24) is 14.9 Å². The molecule has 5 nitrogen and oxygen atoms in total. The molecule has 3 heterocycles. The van der Waals surface area contributed by atoms with Crippen LogP contribution in [-0.2, 0) is 0 Å². The predicted molar refractivity (Wildman–Crippen MR) is 105 cm³/mol. The van der Waals surface area contributed by atoms with Gasteiger partial charge in [0.25, 0.3) is 5.91 Å². The van der Waals surface area contributed by atoms with E-state index in [9.17, 15) is 4.79 Å². The van der Waals surface area contributed by atoms with Crippen molar-refractivity contribution in [2.75, 3.05) is 11.9 Å². The van der Waals surface area contributed by atoms with Crippen molar-refractivity contribution in [3.05, 3.63) is 46.9 Å². The van der Waals surface area contributed by atoms with Crippen LogP contribution in [0.2, 0.25) is 5.02 Å². The molecule has 3 rings (SSSR count). The first-order valence-electron chi connectivity index (χ1n) is 9.24. The summed E-state index contributed by atoms with van der Waals surface area (Å²) >= 11 is 6.37. The van der Waals surface area contributed by atoms with E-state index < -0.39 is 0 Å². The number of aryl methyl sites for hydroxylation is 1. The van der Waals surface area contributed by atoms with Crippen molar-refractivity contribution in [3.8, 4) is 0 Å². The highest BCUT2D eigenvalue weighted by Crippen LogP contribution is 2.27. The number of aromatic nitrogens is 2. The van der Waals surface area contributed by atoms with Crippen LogP contribution in [0.3, 0.4) is 0 Å². The molecule has 138 valence electrons. The Labute approximate surface area is 159 Å². The van der Waals surface area contributed by atoms with Gasteiger partial charge in [-0.25, -0.2) is 4.98 Å². The number of rotatable bonds is 5. The Kier molecular flexibility index (Phi) is 6.09. The summed E-state index contributed by atoms with van der Waals surface area (Å²) < 4.78 is 0. The van der Waals surface area contributed by atoms with E-state index >= 15 is 0 Å². The third-order valence-corrected chi connectivity index (χ3v) is 5.06. The highest BCUT2D eigenvalue weighted by Gasteiger charge is 2.27. The van der Waals surface area contributed by atoms with Crippen molar-refractivity contribution >= 4 is 29.0 Å². The average molecular weight is 373 g/mol. The number of anilines is 2. The second-order valence-electron chi connectivity index (χ2n) is 6.80. The van der Waals surface area contributed by atoms with E-state index in [-0.39, 0.29) is 5.91 Å². The van der Waals surface area contributed by atoms with E-state index in [4.69, 9.17) is 11.6 Å². The summed E-state index contributed by atoms with van der Waals surface area (Å²) in [7, 11) is 0. The van der Waals surface area contributed by atoms with Crippen molar-refractivity contribution < 1.29 is 4.79 Å². The highest BCUT2D eigenvalue weighted by atomic mass is 35.5. The lowest BCUT2D eigenvalue weighted by Crippen LogP contribution is -2.43. The highest BCUT2D eigenvalue weighted by molar-refractivity contribution is 6.33. The number of halogens is 1. The van der Waals surface area contributed by atoms with Crippen LogP contribution in [-0.4, -0.2) is 33.4 Å². The summed E-state index contributed by atoms with van der Waals surface area (Å²) in [4.78, 5) is 23.5. The first-order chi connectivity index (χ1) is 12.6. The fourth-order valence-corrected chi connectivity index (χ4v) is 3.61. The third-order valence-electron chi connectivity index (χ3n) is 4.77. The molecule has 1 amide bonds. The van der Waals surface area contributed by atoms with Crippen LogP contribution in [0.4, 0.5) is 11.5 Å². The van der Waals surface area contributed by atoms with Crippen molar-refractivity contribution in [1.29, 1.82) is 0 Å². The number of pyridine rings is 2. The number of nitrogens with zero attached hydrogens (tertiary/aromatic N) is 3. The fraction of sp³-hybridized carbons (Fsp3) is 0.450. The first-order valence-corrected chi connectivity index (χ1v) is 9.62. The lowest BCUT2D eigenvalue weighted by Gasteiger charge is -2.35. The number of hydrogen-bond acceptors (Lipinski definition) is 4. The van der Waals surface area contributed by atoms with Gasteiger partial charge >= 0.3 is 0 Å². The summed E-state index contributed by atoms with van der Waals surface area (Å²) in [5.74, 6) is 0.554. The second kappa shape index (κ2) is 8.49. The Hall–Kier alpha value is -2.14. The fourth-order valence-electron chi connectivity index (χ4n) is 3.39. The number of nitrogens with one attached hydrogen (secondary N) is 1. The topological polar surface area (TPSA) is 58.1 Å². The maximum Gasteiger partial charge on any atom is 0.255 e. The minimum absolute atomic E-state index is 0.0288. The SMILES string of the molecule is CCCC1CCCCN1C(=O)c1cnc(Nc2ccc(C)nc2)c(Cl)c1. The molecule has 1 aliphatic heterocycles. The average Bonchev–Trinajstić information content (AvgIpc) is 2.65. The van der Waals surface area contributed by atoms with Gasteiger partial charge in [-0.3, -0.25) is 9.78 Å². The van der Waals surface area contributed by atoms with Gasteiger partial charge in [-0.15, -0.1) is 0 Å². The molecule has 2 aromatic rings. The van der Waals surface area contributed by atoms with E-state index in [0.717, 1.165) is 43.6 Å². The maximum atomic E-state index is 12.9. The number of amides is 1. The number of carbonyl (C=O) groups excluding carboxylic acids is 1. The van der Waals surface area contributed by atoms with E-state index in [0.29, 0.717) is 22.4 Å². The zero-order valence-corrected chi connectivity index (χ0v) is 16.1. The summed E-state index contributed by atoms with van der Waals surface area (Å²) in [6.45, 7) is 4.91. The Balaban J connectivity index is 1.75. The Morgan fingerprint density at radius 2 is 2.15 bits per heavy atom. The van der Waals surface area contributed by atoms with E-state index in [2.05, 4.69) is 22.2 Å². The molecule has 1 fully saturated rings. The molecular formula is C20H25ClN4O. The number of likely N-dealkylation sites (tertiary alicyclic amines) is 1. The van der Waals surface area contributed by atoms with Gasteiger partial charge in [0.05, 0.1) is 22.5 Å². The van der Waals surface area contributed by atoms with Crippen LogP contribution < -0.4 is 5.32 Å². The Bertz CT molecular complexity index is 761. The zero-order chi connectivity index (χ0) is 18.5. The van der Waals surface area contributed by atoms with Crippen LogP contribution in [0.5, 0.6) is 0 Å². The lowest BCUT2D eigenvalue weighted by atomic mass is 9.97. The quantitative estimate of drug-likeness (QED) is 0.804. The number of carbonyl (C=O) groups is 1. The van der Waals surface area contributed by atoms with Gasteiger partial charge in [0, 0.05) is 24.5 Å². The molecule has 1 saturated heterocycles. The van der Waals surface area contributed by atoms with Crippen molar-refractivity contribution in [2.45, 2.75) is 52.0 Å². The van der Waals surface area contributed by atoms with Crippen LogP contribution in [0.1, 0.15) is 55.1 Å². The Morgan fingerprint density at radius 1 is 1.31 bits per heavy atom. The predicted octanol–water partition coefficient (Wildman–Crippen LogP) is 4.98. The first kappa shape index (κ1) is 18.6. The van der Waals surface area contributed by atoms with E-state index in [1.807, 2.05) is 24.0 Å². The second-order valence-corrected chi connectivity index (χ2v) is 7.21. The van der Waals surface area contributed by atoms with Gasteiger partial charge in [0.2, 0.25) is 0 Å². The number of hydrogen-bond donors (Lipinski definition) is 1. The van der Waals surface area contributed by atoms with Crippen LogP contribution in [0.15, 0.2) is 30.6 Å². The molecule has 1 N–H and O–H groups in total. The summed E-state index contributed by atoms with van der Waals surface area (Å²) in [5, 5.41) is 3.57. The normalized spacial score (nSPS) is 17.2. The molecule has 0 aliphatic carbocycles. The summed E-state index contributed by atoms with van der Waals surface area (Å²) in [6.07, 6.45) is 8.81. The van der Waals surface area contributed by atoms with E-state index in [1.54, 1.807) is 18.5 Å². The third kappa shape index (κ3) is 4.33. The summed E-state index contributed by atoms with van der Waals surface area (Å²) in [5.41, 5.74) is 2.30. The summed E-state index contributed by atoms with van der Waals surface area (Å²) in [6, 6.07) is 5.87. The standard InChI is InChI=1S/C20H25ClN4O/c1-3-6-17-7-4-5-10-25(17)20(26)15-11-18(21)19(23-12-15)24-16-9-8-14(2)22-13-16/h8-9,11-13,17H,3-7,10H2,1-2H3,(H,23,24). The van der Waals surface area contributed by atoms with Crippen LogP contribution in [0.25, 0.3) is 0 Å². The molecule has 0 saturated carbocycles. The Morgan fingerprint density at radius 3 is 2.85 bits per heavy atom. The van der Waals surface area contributed by atoms with Gasteiger partial charge in [-0.1, -0.05) is 24.9 Å². The monoisotopic (exact) mass is 372 g/mol. The van der Waals surface area contributed by atoms with Crippen molar-refractivity contribution in [3.63, 3.8) is 0 Å². The van der Waals surface area contributed by atoms with Crippen LogP contribution >= 0.6 is 11.6 Å².